The second-order valence-electron chi connectivity index (χ2n) is 8.38. The Bertz CT molecular complexity index is 637. The summed E-state index contributed by atoms with van der Waals surface area (Å²) in [5.74, 6) is 0.430. The first-order chi connectivity index (χ1) is 14.0. The summed E-state index contributed by atoms with van der Waals surface area (Å²) in [4.78, 5) is 10.3. The summed E-state index contributed by atoms with van der Waals surface area (Å²) in [6, 6.07) is 0. The van der Waals surface area contributed by atoms with Crippen LogP contribution in [0.5, 0.6) is 0 Å². The molecule has 4 aliphatic rings. The Kier molecular flexibility index (Phi) is 22.4. The molecule has 0 aliphatic carbocycles. The fourth-order valence-corrected chi connectivity index (χ4v) is 5.83. The van der Waals surface area contributed by atoms with E-state index >= 15 is 0 Å². The first-order valence-electron chi connectivity index (χ1n) is 10.2. The quantitative estimate of drug-likeness (QED) is 0.296. The molecule has 1 N–H and O–H groups in total. The predicted octanol–water partition coefficient (Wildman–Crippen LogP) is 2.62. The number of carbonyl (C=O) groups excluding carboxylic acids is 1. The van der Waals surface area contributed by atoms with Crippen LogP contribution in [-0.2, 0) is 23.7 Å². The van der Waals surface area contributed by atoms with E-state index in [2.05, 4.69) is 20.1 Å². The van der Waals surface area contributed by atoms with Crippen LogP contribution in [0.15, 0.2) is 25.3 Å². The van der Waals surface area contributed by atoms with Crippen molar-refractivity contribution in [1.82, 2.24) is 0 Å². The third kappa shape index (κ3) is 12.1. The third-order valence-corrected chi connectivity index (χ3v) is 7.29. The normalized spacial score (nSPS) is 32.0. The molecule has 0 saturated carbocycles. The van der Waals surface area contributed by atoms with Crippen LogP contribution in [0.4, 0.5) is 0 Å². The molecule has 204 valence electrons. The fourth-order valence-electron chi connectivity index (χ4n) is 3.58. The van der Waals surface area contributed by atoms with E-state index in [1.54, 1.807) is 6.08 Å². The Labute approximate surface area is 250 Å². The molecule has 4 aliphatic heterocycles. The smallest absolute Gasteiger partial charge is 1.00 e. The van der Waals surface area contributed by atoms with Gasteiger partial charge in [0.15, 0.2) is 17.7 Å². The molecule has 35 heavy (non-hydrogen) atoms. The SMILES string of the molecule is C.C.C.C=CCCC1(O)SCC2OC(C)(C)O[C@@H]21.C=CC[CH2-].CC1(C)OC2CSC(=O)[C@H]2O1.[Br-].[Mg+2]. The minimum Gasteiger partial charge on any atom is -1.00 e. The van der Waals surface area contributed by atoms with Gasteiger partial charge in [-0.05, 0) is 40.5 Å². The standard InChI is InChI=1S/C11H18O3S.C7H10O3S.C4H7.3CH4.BrH.Mg/c1-4-5-6-11(12)9-8(7-15-11)13-10(2,3)14-9;1-7(2)9-4-3-11-6(8)5(4)10-7;1-3-4-2;;;;;/h4,8-9,12H,1,5-7H2,2-3H3;4-5H,3H2,1-2H3;3H,1-2,4H2;3*1H4;1H;/q;;-1;;;;;+2/p-1/t8?,9-,11?;4?,5-;;;;;;/m00....../s1. The largest absolute Gasteiger partial charge is 2.00 e. The maximum absolute atomic E-state index is 11.1. The van der Waals surface area contributed by atoms with E-state index in [1.807, 2.05) is 33.8 Å². The molecule has 4 fully saturated rings. The van der Waals surface area contributed by atoms with Crippen molar-refractivity contribution in [2.75, 3.05) is 11.5 Å². The molecule has 6 nitrogen and oxygen atoms in total. The molecule has 10 heteroatoms. The number of halogens is 1. The van der Waals surface area contributed by atoms with Crippen molar-refractivity contribution in [1.29, 1.82) is 0 Å². The van der Waals surface area contributed by atoms with Gasteiger partial charge in [0.25, 0.3) is 0 Å². The summed E-state index contributed by atoms with van der Waals surface area (Å²) in [5, 5.41) is 10.5. The molecule has 0 radical (unpaired) electrons. The van der Waals surface area contributed by atoms with Crippen molar-refractivity contribution in [2.24, 2.45) is 0 Å². The number of fused-ring (bicyclic) bond motifs is 2. The van der Waals surface area contributed by atoms with Crippen LogP contribution in [0, 0.1) is 6.92 Å². The van der Waals surface area contributed by atoms with Crippen LogP contribution in [0.1, 0.15) is 69.2 Å². The molecule has 4 rings (SSSR count). The number of ether oxygens (including phenoxy) is 4. The minimum atomic E-state index is -0.799. The number of hydrogen-bond donors (Lipinski definition) is 1. The zero-order valence-electron chi connectivity index (χ0n) is 19.5. The molecular formula is C25H47BrMgO6S2. The predicted molar refractivity (Wildman–Crippen MR) is 148 cm³/mol. The Balaban J connectivity index is -0.000000216. The monoisotopic (exact) mass is 610 g/mol. The summed E-state index contributed by atoms with van der Waals surface area (Å²) in [6.45, 7) is 18.0. The number of aliphatic hydroxyl groups is 1. The average molecular weight is 612 g/mol. The average Bonchev–Trinajstić information content (AvgIpc) is 3.36. The van der Waals surface area contributed by atoms with Gasteiger partial charge in [0.05, 0.1) is 0 Å². The van der Waals surface area contributed by atoms with Gasteiger partial charge in [-0.25, -0.2) is 0 Å². The number of carbonyl (C=O) groups is 1. The van der Waals surface area contributed by atoms with E-state index < -0.39 is 16.5 Å². The molecule has 0 amide bonds. The van der Waals surface area contributed by atoms with Crippen LogP contribution >= 0.6 is 23.5 Å². The van der Waals surface area contributed by atoms with Gasteiger partial charge in [-0.15, -0.1) is 31.0 Å². The summed E-state index contributed by atoms with van der Waals surface area (Å²) in [7, 11) is 0. The molecule has 5 atom stereocenters. The molecule has 0 aromatic rings. The van der Waals surface area contributed by atoms with Crippen LogP contribution in [0.2, 0.25) is 0 Å². The van der Waals surface area contributed by atoms with Gasteiger partial charge in [-0.3, -0.25) is 4.79 Å². The number of hydrogen-bond acceptors (Lipinski definition) is 8. The van der Waals surface area contributed by atoms with Gasteiger partial charge in [-0.1, -0.05) is 40.1 Å². The molecule has 0 aromatic heterocycles. The van der Waals surface area contributed by atoms with Crippen molar-refractivity contribution in [3.63, 3.8) is 0 Å². The number of allylic oxidation sites excluding steroid dienone is 2. The Morgan fingerprint density at radius 3 is 2.00 bits per heavy atom. The summed E-state index contributed by atoms with van der Waals surface area (Å²) in [6.07, 6.45) is 5.42. The second-order valence-corrected chi connectivity index (χ2v) is 10.7. The summed E-state index contributed by atoms with van der Waals surface area (Å²) < 4.78 is 22.3. The minimum absolute atomic E-state index is 0. The molecule has 0 aromatic carbocycles. The first-order valence-corrected chi connectivity index (χ1v) is 12.2. The maximum Gasteiger partial charge on any atom is 2.00 e. The molecule has 4 heterocycles. The third-order valence-electron chi connectivity index (χ3n) is 4.84. The number of thioether (sulfide) groups is 2. The Morgan fingerprint density at radius 1 is 1.00 bits per heavy atom. The van der Waals surface area contributed by atoms with E-state index in [9.17, 15) is 9.90 Å². The van der Waals surface area contributed by atoms with Gasteiger partial charge >= 0.3 is 23.1 Å². The molecule has 4 saturated heterocycles. The van der Waals surface area contributed by atoms with Crippen LogP contribution in [-0.4, -0.2) is 85.7 Å². The van der Waals surface area contributed by atoms with Crippen LogP contribution < -0.4 is 17.0 Å². The number of rotatable bonds is 4. The van der Waals surface area contributed by atoms with Crippen molar-refractivity contribution >= 4 is 51.7 Å². The topological polar surface area (TPSA) is 74.2 Å². The van der Waals surface area contributed by atoms with E-state index in [4.69, 9.17) is 18.9 Å². The maximum atomic E-state index is 11.1. The van der Waals surface area contributed by atoms with Gasteiger partial charge in [0.1, 0.15) is 23.2 Å². The molecule has 0 bridgehead atoms. The van der Waals surface area contributed by atoms with Gasteiger partial charge in [0, 0.05) is 11.5 Å². The summed E-state index contributed by atoms with van der Waals surface area (Å²) in [5.41, 5.74) is 0. The Morgan fingerprint density at radius 2 is 1.51 bits per heavy atom. The summed E-state index contributed by atoms with van der Waals surface area (Å²) >= 11 is 2.84. The van der Waals surface area contributed by atoms with Crippen LogP contribution in [0.3, 0.4) is 0 Å². The van der Waals surface area contributed by atoms with Crippen molar-refractivity contribution in [3.05, 3.63) is 32.2 Å². The van der Waals surface area contributed by atoms with E-state index in [1.165, 1.54) is 23.5 Å². The Hall–Kier alpha value is 0.896. The molecular weight excluding hydrogens is 565 g/mol. The van der Waals surface area contributed by atoms with E-state index in [0.29, 0.717) is 6.42 Å². The fraction of sp³-hybridized carbons (Fsp3) is 0.760. The van der Waals surface area contributed by atoms with Gasteiger partial charge < -0.3 is 48.0 Å². The van der Waals surface area contributed by atoms with E-state index in [0.717, 1.165) is 24.3 Å². The molecule has 0 spiro atoms. The van der Waals surface area contributed by atoms with Crippen molar-refractivity contribution in [3.8, 4) is 0 Å². The van der Waals surface area contributed by atoms with Crippen LogP contribution in [0.25, 0.3) is 0 Å². The van der Waals surface area contributed by atoms with Gasteiger partial charge in [0.2, 0.25) is 5.12 Å². The van der Waals surface area contributed by atoms with Gasteiger partial charge in [-0.2, -0.15) is 6.42 Å². The van der Waals surface area contributed by atoms with Crippen molar-refractivity contribution < 1.29 is 45.8 Å². The first kappa shape index (κ1) is 43.0. The zero-order valence-corrected chi connectivity index (χ0v) is 24.1. The van der Waals surface area contributed by atoms with Crippen molar-refractivity contribution in [2.45, 2.75) is 110 Å². The van der Waals surface area contributed by atoms with E-state index in [-0.39, 0.29) is 91.8 Å². The molecule has 3 unspecified atom stereocenters. The zero-order chi connectivity index (χ0) is 22.6. The second kappa shape index (κ2) is 18.2.